The first kappa shape index (κ1) is 26.3. The zero-order chi connectivity index (χ0) is 25.5. The second kappa shape index (κ2) is 12.4. The van der Waals surface area contributed by atoms with Gasteiger partial charge in [-0.05, 0) is 66.1 Å². The van der Waals surface area contributed by atoms with Gasteiger partial charge in [0.15, 0.2) is 5.75 Å². The van der Waals surface area contributed by atoms with Crippen molar-refractivity contribution < 1.29 is 14.3 Å². The minimum Gasteiger partial charge on any atom is -0.426 e. The van der Waals surface area contributed by atoms with E-state index < -0.39 is 0 Å². The van der Waals surface area contributed by atoms with Crippen LogP contribution in [-0.4, -0.2) is 40.2 Å². The number of carbonyl (C=O) groups is 2. The van der Waals surface area contributed by atoms with E-state index >= 15 is 0 Å². The average Bonchev–Trinajstić information content (AvgIpc) is 3.63. The molecule has 0 atom stereocenters. The van der Waals surface area contributed by atoms with Gasteiger partial charge in [-0.3, -0.25) is 14.7 Å². The molecule has 1 aromatic heterocycles. The third-order valence-electron chi connectivity index (χ3n) is 6.15. The number of carbonyl (C=O) groups excluding carboxylic acids is 2. The molecule has 1 fully saturated rings. The molecule has 1 amide bonds. The van der Waals surface area contributed by atoms with Crippen LogP contribution in [0, 0.1) is 5.92 Å². The van der Waals surface area contributed by atoms with Crippen molar-refractivity contribution in [1.29, 1.82) is 0 Å². The predicted octanol–water partition coefficient (Wildman–Crippen LogP) is 3.91. The molecule has 0 unspecified atom stereocenters. The van der Waals surface area contributed by atoms with Gasteiger partial charge >= 0.3 is 0 Å². The summed E-state index contributed by atoms with van der Waals surface area (Å²) in [5, 5.41) is 4.90. The summed E-state index contributed by atoms with van der Waals surface area (Å²) >= 11 is 5.68. The number of ether oxygens (including phenoxy) is 1. The first-order chi connectivity index (χ1) is 17.6. The summed E-state index contributed by atoms with van der Waals surface area (Å²) in [7, 11) is 1.98. The Balaban J connectivity index is 0.00000148. The topological polar surface area (TPSA) is 114 Å². The number of fused-ring (bicyclic) bond motifs is 1. The van der Waals surface area contributed by atoms with E-state index in [9.17, 15) is 9.59 Å². The van der Waals surface area contributed by atoms with Gasteiger partial charge in [-0.2, -0.15) is 4.37 Å². The Morgan fingerprint density at radius 1 is 1.36 bits per heavy atom. The molecule has 1 aliphatic heterocycles. The highest BCUT2D eigenvalue weighted by Crippen LogP contribution is 2.36. The van der Waals surface area contributed by atoms with E-state index in [0.717, 1.165) is 36.4 Å². The summed E-state index contributed by atoms with van der Waals surface area (Å²) in [6, 6.07) is 12.1. The largest absolute Gasteiger partial charge is 0.426 e. The Morgan fingerprint density at radius 2 is 2.19 bits per heavy atom. The van der Waals surface area contributed by atoms with E-state index in [-0.39, 0.29) is 5.92 Å². The van der Waals surface area contributed by atoms with E-state index in [2.05, 4.69) is 55.1 Å². The van der Waals surface area contributed by atoms with Crippen LogP contribution in [0.1, 0.15) is 29.5 Å². The maximum absolute atomic E-state index is 12.7. The number of anilines is 2. The molecule has 1 saturated carbocycles. The van der Waals surface area contributed by atoms with Gasteiger partial charge in [0, 0.05) is 49.0 Å². The summed E-state index contributed by atoms with van der Waals surface area (Å²) in [5.41, 5.74) is 4.54. The lowest BCUT2D eigenvalue weighted by Gasteiger charge is -2.32. The standard InChI is InChI=1S/C24H25N5O3S2.H3NS/c1-28(21-8-7-19(11-22(21)32-15-30)33-27-24-25-14-26-34-24)12-18-4-2-3-16-9-10-29(13-20(16)18)23(31)17-5-6-17;1-2/h2-4,7-8,11,14-15,17H,5-6,9-10,12-13H2,1H3,(H,25,26,27);2H,1H2. The first-order valence-electron chi connectivity index (χ1n) is 11.4. The molecule has 0 bridgehead atoms. The van der Waals surface area contributed by atoms with Crippen LogP contribution in [0.15, 0.2) is 47.6 Å². The number of benzene rings is 2. The summed E-state index contributed by atoms with van der Waals surface area (Å²) in [6.07, 6.45) is 4.43. The quantitative estimate of drug-likeness (QED) is 0.210. The number of thiol groups is 1. The van der Waals surface area contributed by atoms with Crippen molar-refractivity contribution in [2.75, 3.05) is 23.2 Å². The molecule has 9 nitrogen and oxygen atoms in total. The number of nitrogens with one attached hydrogen (secondary N) is 1. The van der Waals surface area contributed by atoms with Gasteiger partial charge in [0.2, 0.25) is 11.0 Å². The van der Waals surface area contributed by atoms with Crippen molar-refractivity contribution in [1.82, 2.24) is 14.3 Å². The van der Waals surface area contributed by atoms with Crippen molar-refractivity contribution in [3.63, 3.8) is 0 Å². The smallest absolute Gasteiger partial charge is 0.298 e. The summed E-state index contributed by atoms with van der Waals surface area (Å²) in [6.45, 7) is 2.55. The summed E-state index contributed by atoms with van der Waals surface area (Å²) in [4.78, 5) is 32.9. The van der Waals surface area contributed by atoms with Gasteiger partial charge in [-0.15, -0.1) is 12.8 Å². The fourth-order valence-electron chi connectivity index (χ4n) is 4.26. The molecule has 12 heteroatoms. The third-order valence-corrected chi connectivity index (χ3v) is 7.65. The predicted molar refractivity (Wildman–Crippen MR) is 146 cm³/mol. The number of amides is 1. The summed E-state index contributed by atoms with van der Waals surface area (Å²) in [5.74, 6) is 1.01. The van der Waals surface area contributed by atoms with Crippen LogP contribution in [0.5, 0.6) is 5.75 Å². The molecule has 1 aliphatic carbocycles. The van der Waals surface area contributed by atoms with Crippen LogP contribution in [0.2, 0.25) is 0 Å². The van der Waals surface area contributed by atoms with Crippen LogP contribution >= 0.6 is 36.3 Å². The number of rotatable bonds is 9. The minimum atomic E-state index is 0.233. The normalized spacial score (nSPS) is 14.2. The van der Waals surface area contributed by atoms with Crippen molar-refractivity contribution in [3.05, 3.63) is 59.4 Å². The molecule has 0 radical (unpaired) electrons. The first-order valence-corrected chi connectivity index (χ1v) is 13.5. The van der Waals surface area contributed by atoms with Crippen LogP contribution in [0.4, 0.5) is 10.8 Å². The van der Waals surface area contributed by atoms with Gasteiger partial charge in [-0.25, -0.2) is 4.98 Å². The Morgan fingerprint density at radius 3 is 2.92 bits per heavy atom. The Labute approximate surface area is 224 Å². The maximum Gasteiger partial charge on any atom is 0.298 e. The molecule has 0 spiro atoms. The van der Waals surface area contributed by atoms with Gasteiger partial charge in [0.1, 0.15) is 6.33 Å². The lowest BCUT2D eigenvalue weighted by atomic mass is 9.94. The second-order valence-corrected chi connectivity index (χ2v) is 10.1. The fraction of sp³-hybridized carbons (Fsp3) is 0.333. The number of nitrogens with two attached hydrogens (primary N) is 1. The van der Waals surface area contributed by atoms with Crippen LogP contribution < -0.4 is 19.5 Å². The molecule has 3 aromatic rings. The highest BCUT2D eigenvalue weighted by molar-refractivity contribution is 8.00. The van der Waals surface area contributed by atoms with Crippen molar-refractivity contribution >= 4 is 59.5 Å². The molecule has 2 aromatic carbocycles. The number of hydrogen-bond donors (Lipinski definition) is 3. The molecule has 5 rings (SSSR count). The van der Waals surface area contributed by atoms with E-state index in [0.29, 0.717) is 36.3 Å². The SMILES string of the molecule is CN(Cc1cccc2c1CN(C(=O)C1CC1)CC2)c1ccc(SNc2ncns2)cc1OC=O.NS. The van der Waals surface area contributed by atoms with Crippen LogP contribution in [-0.2, 0) is 29.1 Å². The second-order valence-electron chi connectivity index (χ2n) is 8.49. The van der Waals surface area contributed by atoms with Crippen LogP contribution in [0.3, 0.4) is 0 Å². The maximum atomic E-state index is 12.7. The van der Waals surface area contributed by atoms with Gasteiger partial charge < -0.3 is 19.3 Å². The lowest BCUT2D eigenvalue weighted by molar-refractivity contribution is -0.133. The zero-order valence-corrected chi connectivity index (χ0v) is 22.3. The van der Waals surface area contributed by atoms with E-state index in [4.69, 9.17) is 4.74 Å². The summed E-state index contributed by atoms with van der Waals surface area (Å²) < 4.78 is 12.4. The van der Waals surface area contributed by atoms with Gasteiger partial charge in [0.05, 0.1) is 5.69 Å². The van der Waals surface area contributed by atoms with E-state index in [1.54, 1.807) is 0 Å². The number of nitrogens with zero attached hydrogens (tertiary/aromatic N) is 4. The molecular weight excluding hydrogens is 517 g/mol. The van der Waals surface area contributed by atoms with E-state index in [1.807, 2.05) is 30.1 Å². The molecular formula is C24H28N6O3S3. The minimum absolute atomic E-state index is 0.233. The van der Waals surface area contributed by atoms with Crippen molar-refractivity contribution in [2.24, 2.45) is 11.1 Å². The lowest BCUT2D eigenvalue weighted by Crippen LogP contribution is -2.37. The number of aromatic nitrogens is 2. The molecule has 190 valence electrons. The molecule has 0 saturated heterocycles. The highest BCUT2D eigenvalue weighted by atomic mass is 32.2. The fourth-order valence-corrected chi connectivity index (χ4v) is 5.38. The van der Waals surface area contributed by atoms with Crippen LogP contribution in [0.25, 0.3) is 0 Å². The monoisotopic (exact) mass is 544 g/mol. The Hall–Kier alpha value is -2.80. The third kappa shape index (κ3) is 6.30. The zero-order valence-electron chi connectivity index (χ0n) is 19.8. The van der Waals surface area contributed by atoms with Gasteiger partial charge in [0.25, 0.3) is 6.47 Å². The van der Waals surface area contributed by atoms with Crippen molar-refractivity contribution in [3.8, 4) is 5.75 Å². The van der Waals surface area contributed by atoms with E-state index in [1.165, 1.54) is 46.5 Å². The molecule has 2 heterocycles. The molecule has 36 heavy (non-hydrogen) atoms. The molecule has 3 N–H and O–H groups in total. The average molecular weight is 545 g/mol. The van der Waals surface area contributed by atoms with Crippen molar-refractivity contribution in [2.45, 2.75) is 37.2 Å². The van der Waals surface area contributed by atoms with Gasteiger partial charge in [-0.1, -0.05) is 18.2 Å². The Bertz CT molecular complexity index is 1190. The molecule has 2 aliphatic rings. The Kier molecular flexibility index (Phi) is 9.08. The highest BCUT2D eigenvalue weighted by Gasteiger charge is 2.35. The number of hydrogen-bond acceptors (Lipinski definition) is 11.